The molecule has 0 spiro atoms. The van der Waals surface area contributed by atoms with Gasteiger partial charge in [0.2, 0.25) is 29.1 Å². The van der Waals surface area contributed by atoms with Gasteiger partial charge in [-0.15, -0.1) is 0 Å². The van der Waals surface area contributed by atoms with E-state index in [0.29, 0.717) is 95.0 Å². The molecule has 0 unspecified atom stereocenters. The Hall–Kier alpha value is -11.9. The highest BCUT2D eigenvalue weighted by atomic mass is 79.9. The lowest BCUT2D eigenvalue weighted by Gasteiger charge is -2.32. The lowest BCUT2D eigenvalue weighted by Crippen LogP contribution is -2.41. The number of halogens is 1. The first-order chi connectivity index (χ1) is 54.5. The average molecular weight is 1650 g/mol. The molecule has 0 bridgehead atoms. The first-order valence-electron chi connectivity index (χ1n) is 37.4. The molecule has 1 aliphatic heterocycles. The number of hydrogen-bond acceptors (Lipinski definition) is 24. The van der Waals surface area contributed by atoms with Crippen LogP contribution >= 0.6 is 15.9 Å². The monoisotopic (exact) mass is 1640 g/mol. The molecule has 0 saturated carbocycles. The van der Waals surface area contributed by atoms with Crippen molar-refractivity contribution in [1.29, 1.82) is 0 Å². The molecule has 6 aromatic heterocycles. The summed E-state index contributed by atoms with van der Waals surface area (Å²) >= 11 is 3.02. The highest BCUT2D eigenvalue weighted by Gasteiger charge is 2.52. The van der Waals surface area contributed by atoms with Crippen LogP contribution in [0.4, 0.5) is 0 Å². The number of nitrogens with two attached hydrogens (primary N) is 1. The molecule has 3 N–H and O–H groups in total. The Labute approximate surface area is 677 Å². The zero-order valence-corrected chi connectivity index (χ0v) is 70.2. The number of nitrogens with zero attached hydrogens (tertiary/aromatic N) is 9. The van der Waals surface area contributed by atoms with E-state index in [2.05, 4.69) is 108 Å². The van der Waals surface area contributed by atoms with Crippen molar-refractivity contribution in [3.8, 4) is 40.0 Å². The van der Waals surface area contributed by atoms with Gasteiger partial charge < -0.3 is 52.3 Å². The third-order valence-electron chi connectivity index (χ3n) is 19.6. The predicted octanol–water partition coefficient (Wildman–Crippen LogP) is 14.1. The van der Waals surface area contributed by atoms with Gasteiger partial charge >= 0.3 is 31.0 Å². The maximum Gasteiger partial charge on any atom is 0.495 e. The number of ether oxygens (including phenoxy) is 4. The van der Waals surface area contributed by atoms with Crippen LogP contribution in [-0.2, 0) is 73.9 Å². The van der Waals surface area contributed by atoms with Crippen LogP contribution in [0.5, 0.6) is 0 Å². The zero-order chi connectivity index (χ0) is 85.0. The van der Waals surface area contributed by atoms with Crippen molar-refractivity contribution in [1.82, 2.24) is 44.3 Å². The van der Waals surface area contributed by atoms with Crippen molar-refractivity contribution < 1.29 is 70.6 Å². The number of oxazole rings is 3. The second-order valence-corrected chi connectivity index (χ2v) is 32.2. The molecular formula is C86H94BBrN10O18. The molecule has 1 amide bonds. The number of aryl methyl sites for hydroxylation is 3. The maximum atomic E-state index is 13.5. The molecule has 116 heavy (non-hydrogen) atoms. The fraction of sp³-hybridized carbons (Fsp3) is 0.349. The van der Waals surface area contributed by atoms with E-state index in [0.717, 1.165) is 32.8 Å². The number of aliphatic hydroxyl groups is 1. The minimum Gasteiger partial charge on any atom is -0.461 e. The van der Waals surface area contributed by atoms with Gasteiger partial charge in [-0.3, -0.25) is 28.8 Å². The van der Waals surface area contributed by atoms with E-state index in [-0.39, 0.29) is 81.8 Å². The highest BCUT2D eigenvalue weighted by molar-refractivity contribution is 9.10. The Balaban J connectivity index is 0.000000171. The van der Waals surface area contributed by atoms with E-state index in [4.69, 9.17) is 47.2 Å². The van der Waals surface area contributed by atoms with E-state index in [1.807, 2.05) is 82.3 Å². The van der Waals surface area contributed by atoms with Gasteiger partial charge in [0, 0.05) is 73.8 Å². The Morgan fingerprint density at radius 1 is 0.491 bits per heavy atom. The molecule has 6 aromatic carbocycles. The summed E-state index contributed by atoms with van der Waals surface area (Å²) in [4.78, 5) is 111. The summed E-state index contributed by atoms with van der Waals surface area (Å²) in [6, 6.07) is 32.9. The Morgan fingerprint density at radius 3 is 1.21 bits per heavy atom. The summed E-state index contributed by atoms with van der Waals surface area (Å²) in [5.41, 5.74) is 12.1. The SMILES string of the molecule is CC(=O)OCc1c(B2OC(C)(C)C(C)(C)O2)cccc1-n1ncc2cc(C(C)(C)C)ccc2c1=O.CCOC(=O)c1oc(-c2cccc(-n3ncc4cc(C(C)(C)C)ccc4c3=O)c2COC(C)=O)nc1C.CCOC(=O)c1oc(Br)nc1C.Cc1nc(-c2cccc(-n3ncc4cc(C(C)(C)C)ccc4c3=O)c2CO)oc1C(N)=O. The largest absolute Gasteiger partial charge is 0.495 e. The average Bonchev–Trinajstić information content (AvgIpc) is 0.976. The fourth-order valence-electron chi connectivity index (χ4n) is 12.5. The second kappa shape index (κ2) is 34.7. The van der Waals surface area contributed by atoms with Crippen LogP contribution < -0.4 is 27.9 Å². The standard InChI is InChI=1S/C28H29N3O6.C27H33BN2O5.C24H24N4O4.C7H8BrNO3/c1-7-35-27(34)24-16(2)30-25(37-24)21-9-8-10-23(22(21)15-36-17(3)32)31-26(33)20-12-11-19(28(4,5)6)13-18(20)14-29-31;1-17(31)33-16-21-22(28-34-26(5,6)27(7,8)35-28)10-9-11-23(21)30-24(32)20-13-12-19(25(2,3)4)14-18(20)15-29-30;1-13-20(21(25)30)32-22(27-13)17-6-5-7-19(18(17)12-29)28-23(31)16-9-8-15(24(2,3)4)10-14(16)11-26-28;1-3-11-6(10)5-4(2)9-7(8)12-5/h8-14H,7,15H2,1-6H3;9-15H,16H2,1-8H3;5-11,29H,12H2,1-4H3,(H2,25,30);3H2,1-2H3. The first kappa shape index (κ1) is 86.5. The van der Waals surface area contributed by atoms with Gasteiger partial charge in [-0.05, 0) is 167 Å². The lowest BCUT2D eigenvalue weighted by atomic mass is 9.75. The molecule has 7 heterocycles. The number of aliphatic hydroxyl groups excluding tert-OH is 1. The van der Waals surface area contributed by atoms with Crippen LogP contribution in [-0.4, -0.2) is 111 Å². The van der Waals surface area contributed by atoms with Crippen LogP contribution in [0.2, 0.25) is 0 Å². The van der Waals surface area contributed by atoms with Crippen LogP contribution in [0.3, 0.4) is 0 Å². The summed E-state index contributed by atoms with van der Waals surface area (Å²) in [7, 11) is -0.684. The molecule has 1 aliphatic rings. The third kappa shape index (κ3) is 18.9. The van der Waals surface area contributed by atoms with E-state index >= 15 is 0 Å². The molecule has 1 fully saturated rings. The number of carbonyl (C=O) groups is 5. The third-order valence-corrected chi connectivity index (χ3v) is 19.9. The Morgan fingerprint density at radius 2 is 0.845 bits per heavy atom. The molecule has 0 atom stereocenters. The van der Waals surface area contributed by atoms with Gasteiger partial charge in [0.1, 0.15) is 13.2 Å². The van der Waals surface area contributed by atoms with Crippen molar-refractivity contribution in [3.05, 3.63) is 231 Å². The van der Waals surface area contributed by atoms with Crippen molar-refractivity contribution in [2.45, 2.75) is 186 Å². The number of aromatic nitrogens is 9. The van der Waals surface area contributed by atoms with Crippen LogP contribution in [0.1, 0.15) is 200 Å². The van der Waals surface area contributed by atoms with Crippen LogP contribution in [0.25, 0.3) is 72.3 Å². The Kier molecular flexibility index (Phi) is 25.9. The maximum absolute atomic E-state index is 13.5. The minimum absolute atomic E-state index is 0.0173. The normalized spacial score (nSPS) is 13.1. The Bertz CT molecular complexity index is 5950. The number of fused-ring (bicyclic) bond motifs is 3. The van der Waals surface area contributed by atoms with Crippen molar-refractivity contribution in [3.63, 3.8) is 0 Å². The van der Waals surface area contributed by atoms with Crippen LogP contribution in [0.15, 0.2) is 160 Å². The van der Waals surface area contributed by atoms with Crippen molar-refractivity contribution >= 4 is 90.6 Å². The number of esters is 4. The number of rotatable bonds is 16. The van der Waals surface area contributed by atoms with E-state index in [9.17, 15) is 43.5 Å². The van der Waals surface area contributed by atoms with Gasteiger partial charge in [-0.25, -0.2) is 24.5 Å². The minimum atomic E-state index is -0.731. The number of primary amides is 1. The number of hydrogen-bond donors (Lipinski definition) is 2. The topological polar surface area (TPSA) is 370 Å². The fourth-order valence-corrected chi connectivity index (χ4v) is 12.9. The molecule has 13 rings (SSSR count). The predicted molar refractivity (Wildman–Crippen MR) is 441 cm³/mol. The summed E-state index contributed by atoms with van der Waals surface area (Å²) in [6.45, 7) is 37.9. The second-order valence-electron chi connectivity index (χ2n) is 31.6. The molecular weight excluding hydrogens is 1550 g/mol. The molecule has 1 saturated heterocycles. The molecule has 28 nitrogen and oxygen atoms in total. The smallest absolute Gasteiger partial charge is 0.461 e. The lowest BCUT2D eigenvalue weighted by molar-refractivity contribution is -0.143. The zero-order valence-electron chi connectivity index (χ0n) is 68.6. The van der Waals surface area contributed by atoms with E-state index in [1.54, 1.807) is 108 Å². The van der Waals surface area contributed by atoms with Gasteiger partial charge in [0.15, 0.2) is 0 Å². The van der Waals surface area contributed by atoms with E-state index < -0.39 is 54.7 Å². The molecule has 0 aliphatic carbocycles. The number of amides is 1. The molecule has 0 radical (unpaired) electrons. The summed E-state index contributed by atoms with van der Waals surface area (Å²) in [5.74, 6) is -2.40. The summed E-state index contributed by atoms with van der Waals surface area (Å²) < 4.78 is 53.1. The highest BCUT2D eigenvalue weighted by Crippen LogP contribution is 2.39. The van der Waals surface area contributed by atoms with Crippen LogP contribution in [0, 0.1) is 20.8 Å². The molecule has 30 heteroatoms. The number of benzene rings is 6. The van der Waals surface area contributed by atoms with Crippen molar-refractivity contribution in [2.24, 2.45) is 5.73 Å². The number of carbonyl (C=O) groups excluding carboxylic acids is 5. The van der Waals surface area contributed by atoms with Crippen molar-refractivity contribution in [2.75, 3.05) is 13.2 Å². The van der Waals surface area contributed by atoms with E-state index in [1.165, 1.54) is 27.9 Å². The summed E-state index contributed by atoms with van der Waals surface area (Å²) in [5, 5.41) is 27.3. The van der Waals surface area contributed by atoms with Gasteiger partial charge in [-0.1, -0.05) is 105 Å². The quantitative estimate of drug-likeness (QED) is 0.0515. The van der Waals surface area contributed by atoms with Gasteiger partial charge in [0.25, 0.3) is 27.4 Å². The first-order valence-corrected chi connectivity index (χ1v) is 38.2. The molecule has 12 aromatic rings. The van der Waals surface area contributed by atoms with Gasteiger partial charge in [-0.2, -0.15) is 29.3 Å². The summed E-state index contributed by atoms with van der Waals surface area (Å²) in [6.07, 6.45) is 4.98. The molecule has 606 valence electrons. The van der Waals surface area contributed by atoms with Gasteiger partial charge in [0.05, 0.1) is 99.9 Å².